The Hall–Kier alpha value is -9.18. The van der Waals surface area contributed by atoms with Crippen molar-refractivity contribution in [2.24, 2.45) is 0 Å². The first-order valence-electron chi connectivity index (χ1n) is 27.5. The van der Waals surface area contributed by atoms with Crippen molar-refractivity contribution in [1.82, 2.24) is 0 Å². The lowest BCUT2D eigenvalue weighted by Gasteiger charge is -2.31. The van der Waals surface area contributed by atoms with Crippen molar-refractivity contribution in [3.63, 3.8) is 0 Å². The molecule has 2 heterocycles. The highest BCUT2D eigenvalue weighted by molar-refractivity contribution is 6.19. The molecule has 3 nitrogen and oxygen atoms in total. The van der Waals surface area contributed by atoms with Gasteiger partial charge in [0.25, 0.3) is 0 Å². The van der Waals surface area contributed by atoms with Crippen LogP contribution in [0.25, 0.3) is 111 Å². The maximum Gasteiger partial charge on any atom is 0.143 e. The molecule has 0 bridgehead atoms. The summed E-state index contributed by atoms with van der Waals surface area (Å²) in [4.78, 5) is 2.52. The van der Waals surface area contributed by atoms with Gasteiger partial charge < -0.3 is 13.7 Å². The predicted octanol–water partition coefficient (Wildman–Crippen LogP) is 20.9. The molecule has 0 aliphatic heterocycles. The predicted molar refractivity (Wildman–Crippen MR) is 325 cm³/mol. The third-order valence-corrected chi connectivity index (χ3v) is 18.3. The van der Waals surface area contributed by atoms with Gasteiger partial charge >= 0.3 is 0 Å². The highest BCUT2D eigenvalue weighted by Gasteiger charge is 2.44. The SMILES string of the molecule is CC1(C)c2cc(N(c3ccc4c(c3)C(C)(C)c3cc(-c5cccc(-c6ccccc6)c5)c5oc6ccccc6c5c3-4)c3ccccc3-c3ccccc3)ccc2-c2cc3c(cc21)-c1c(ccc2oc4ccccc4c12)C3(C)C. The largest absolute Gasteiger partial charge is 0.456 e. The summed E-state index contributed by atoms with van der Waals surface area (Å²) in [5.41, 5.74) is 29.0. The lowest BCUT2D eigenvalue weighted by atomic mass is 9.79. The second-order valence-electron chi connectivity index (χ2n) is 23.6. The molecule has 0 amide bonds. The summed E-state index contributed by atoms with van der Waals surface area (Å²) < 4.78 is 13.5. The van der Waals surface area contributed by atoms with Crippen molar-refractivity contribution in [3.05, 3.63) is 258 Å². The van der Waals surface area contributed by atoms with E-state index in [-0.39, 0.29) is 16.2 Å². The van der Waals surface area contributed by atoms with E-state index in [0.29, 0.717) is 0 Å². The Bertz CT molecular complexity index is 4700. The molecular weight excluding hydrogens is 947 g/mol. The van der Waals surface area contributed by atoms with Gasteiger partial charge in [0, 0.05) is 60.3 Å². The van der Waals surface area contributed by atoms with E-state index in [1.807, 2.05) is 0 Å². The third-order valence-electron chi connectivity index (χ3n) is 18.3. The number of hydrogen-bond donors (Lipinski definition) is 0. The van der Waals surface area contributed by atoms with Crippen LogP contribution in [0.5, 0.6) is 0 Å². The van der Waals surface area contributed by atoms with E-state index in [1.165, 1.54) is 105 Å². The maximum atomic E-state index is 6.97. The number of rotatable bonds is 6. The zero-order valence-electron chi connectivity index (χ0n) is 44.6. The van der Waals surface area contributed by atoms with E-state index >= 15 is 0 Å². The van der Waals surface area contributed by atoms with Gasteiger partial charge in [0.1, 0.15) is 22.3 Å². The second kappa shape index (κ2) is 15.9. The Labute approximate surface area is 454 Å². The summed E-state index contributed by atoms with van der Waals surface area (Å²) in [5.74, 6) is 0. The average Bonchev–Trinajstić information content (AvgIpc) is 4.33. The molecule has 13 aromatic rings. The average molecular weight is 1000 g/mol. The van der Waals surface area contributed by atoms with E-state index in [9.17, 15) is 0 Å². The van der Waals surface area contributed by atoms with Gasteiger partial charge in [0.2, 0.25) is 0 Å². The van der Waals surface area contributed by atoms with Crippen LogP contribution >= 0.6 is 0 Å². The fourth-order valence-electron chi connectivity index (χ4n) is 14.3. The van der Waals surface area contributed by atoms with Gasteiger partial charge in [-0.2, -0.15) is 0 Å². The first-order chi connectivity index (χ1) is 37.9. The van der Waals surface area contributed by atoms with Crippen LogP contribution in [0.2, 0.25) is 0 Å². The Morgan fingerprint density at radius 3 is 1.58 bits per heavy atom. The molecule has 0 saturated carbocycles. The maximum absolute atomic E-state index is 6.97. The summed E-state index contributed by atoms with van der Waals surface area (Å²) in [6.07, 6.45) is 0. The van der Waals surface area contributed by atoms with Gasteiger partial charge in [-0.05, 0) is 162 Å². The van der Waals surface area contributed by atoms with Crippen LogP contribution in [0.4, 0.5) is 17.1 Å². The molecule has 16 rings (SSSR count). The van der Waals surface area contributed by atoms with Crippen molar-refractivity contribution in [2.45, 2.75) is 57.8 Å². The number of furan rings is 2. The molecule has 0 N–H and O–H groups in total. The number of para-hydroxylation sites is 3. The normalized spacial score (nSPS) is 14.8. The highest BCUT2D eigenvalue weighted by Crippen LogP contribution is 2.60. The summed E-state index contributed by atoms with van der Waals surface area (Å²) in [6.45, 7) is 14.5. The highest BCUT2D eigenvalue weighted by atomic mass is 16.3. The monoisotopic (exact) mass is 1000 g/mol. The standard InChI is InChI=1S/C75H55NO2/c1-73(2)58-36-37-67-70(53-27-14-17-30-65(53)77-67)69(58)57-43-61-56(42-62(57)73)51-34-32-48(39-59(51)74(61,3)4)76(64-29-16-13-26-50(64)45-22-11-8-12-23-45)49-33-35-52-60(40-49)75(5,6)63-41-55(47-25-19-24-46(38-47)44-20-9-7-10-21-44)72-71(68(52)63)54-28-15-18-31-66(54)78-72/h7-43H,1-6H3. The van der Waals surface area contributed by atoms with Crippen LogP contribution < -0.4 is 4.90 Å². The van der Waals surface area contributed by atoms with Crippen molar-refractivity contribution < 1.29 is 8.83 Å². The van der Waals surface area contributed by atoms with E-state index in [2.05, 4.69) is 271 Å². The Morgan fingerprint density at radius 1 is 0.295 bits per heavy atom. The molecule has 0 fully saturated rings. The van der Waals surface area contributed by atoms with Gasteiger partial charge in [-0.25, -0.2) is 0 Å². The van der Waals surface area contributed by atoms with Crippen molar-refractivity contribution in [2.75, 3.05) is 4.90 Å². The Balaban J connectivity index is 0.875. The van der Waals surface area contributed by atoms with Gasteiger partial charge in [0.05, 0.1) is 5.69 Å². The van der Waals surface area contributed by atoms with E-state index < -0.39 is 0 Å². The summed E-state index contributed by atoms with van der Waals surface area (Å²) in [5, 5.41) is 4.71. The minimum atomic E-state index is -0.355. The van der Waals surface area contributed by atoms with Crippen molar-refractivity contribution in [3.8, 4) is 66.8 Å². The molecule has 0 saturated heterocycles. The molecule has 78 heavy (non-hydrogen) atoms. The molecule has 3 aliphatic carbocycles. The molecule has 0 radical (unpaired) electrons. The van der Waals surface area contributed by atoms with E-state index in [0.717, 1.165) is 55.9 Å². The molecule has 3 heteroatoms. The number of hydrogen-bond acceptors (Lipinski definition) is 3. The summed E-state index contributed by atoms with van der Waals surface area (Å²) in [6, 6.07) is 82.9. The first-order valence-corrected chi connectivity index (χ1v) is 27.5. The summed E-state index contributed by atoms with van der Waals surface area (Å²) >= 11 is 0. The smallest absolute Gasteiger partial charge is 0.143 e. The molecule has 0 unspecified atom stereocenters. The lowest BCUT2D eigenvalue weighted by Crippen LogP contribution is -2.18. The fourth-order valence-corrected chi connectivity index (χ4v) is 14.3. The molecular formula is C75H55NO2. The zero-order chi connectivity index (χ0) is 52.4. The van der Waals surface area contributed by atoms with Crippen LogP contribution in [0, 0.1) is 0 Å². The number of anilines is 3. The third kappa shape index (κ3) is 6.16. The first kappa shape index (κ1) is 45.1. The van der Waals surface area contributed by atoms with Crippen LogP contribution in [0.3, 0.4) is 0 Å². The second-order valence-corrected chi connectivity index (χ2v) is 23.6. The Morgan fingerprint density at radius 2 is 0.821 bits per heavy atom. The van der Waals surface area contributed by atoms with Crippen LogP contribution in [0.1, 0.15) is 74.9 Å². The van der Waals surface area contributed by atoms with Gasteiger partial charge in [-0.1, -0.05) is 193 Å². The lowest BCUT2D eigenvalue weighted by molar-refractivity contribution is 0.651. The van der Waals surface area contributed by atoms with E-state index in [4.69, 9.17) is 8.83 Å². The van der Waals surface area contributed by atoms with Crippen LogP contribution in [-0.4, -0.2) is 0 Å². The van der Waals surface area contributed by atoms with Gasteiger partial charge in [0.15, 0.2) is 0 Å². The number of nitrogens with zero attached hydrogens (tertiary/aromatic N) is 1. The fraction of sp³-hybridized carbons (Fsp3) is 0.120. The quantitative estimate of drug-likeness (QED) is 0.166. The molecule has 2 aromatic heterocycles. The number of benzene rings is 11. The molecule has 0 spiro atoms. The topological polar surface area (TPSA) is 29.5 Å². The number of fused-ring (bicyclic) bond motifs is 17. The van der Waals surface area contributed by atoms with Crippen LogP contribution in [-0.2, 0) is 16.2 Å². The molecule has 3 aliphatic rings. The molecule has 0 atom stereocenters. The van der Waals surface area contributed by atoms with E-state index in [1.54, 1.807) is 0 Å². The Kier molecular flexibility index (Phi) is 9.21. The van der Waals surface area contributed by atoms with Gasteiger partial charge in [-0.15, -0.1) is 0 Å². The minimum absolute atomic E-state index is 0.191. The zero-order valence-corrected chi connectivity index (χ0v) is 44.6. The molecule has 11 aromatic carbocycles. The van der Waals surface area contributed by atoms with Gasteiger partial charge in [-0.3, -0.25) is 0 Å². The van der Waals surface area contributed by atoms with Crippen LogP contribution in [0.15, 0.2) is 233 Å². The minimum Gasteiger partial charge on any atom is -0.456 e. The van der Waals surface area contributed by atoms with Crippen molar-refractivity contribution >= 4 is 60.9 Å². The summed E-state index contributed by atoms with van der Waals surface area (Å²) in [7, 11) is 0. The van der Waals surface area contributed by atoms with Crippen molar-refractivity contribution in [1.29, 1.82) is 0 Å². The molecule has 372 valence electrons.